The summed E-state index contributed by atoms with van der Waals surface area (Å²) in [5, 5.41) is 19.6. The van der Waals surface area contributed by atoms with E-state index in [1.807, 2.05) is 32.9 Å². The van der Waals surface area contributed by atoms with Gasteiger partial charge in [0.25, 0.3) is 0 Å². The number of primary amides is 1. The summed E-state index contributed by atoms with van der Waals surface area (Å²) in [6.45, 7) is 6.10. The molecule has 1 aliphatic carbocycles. The molecule has 0 radical (unpaired) electrons. The van der Waals surface area contributed by atoms with Crippen molar-refractivity contribution in [1.29, 1.82) is 0 Å². The van der Waals surface area contributed by atoms with E-state index in [9.17, 15) is 9.90 Å². The molecule has 0 saturated carbocycles. The lowest BCUT2D eigenvalue weighted by Crippen LogP contribution is -2.41. The normalized spacial score (nSPS) is 21.0. The first-order valence-electron chi connectivity index (χ1n) is 11.0. The van der Waals surface area contributed by atoms with Gasteiger partial charge in [-0.05, 0) is 43.5 Å². The van der Waals surface area contributed by atoms with Gasteiger partial charge in [-0.2, -0.15) is 0 Å². The van der Waals surface area contributed by atoms with Crippen molar-refractivity contribution in [3.63, 3.8) is 0 Å². The Labute approximate surface area is 197 Å². The zero-order valence-electron chi connectivity index (χ0n) is 19.2. The van der Waals surface area contributed by atoms with E-state index in [0.29, 0.717) is 22.2 Å². The van der Waals surface area contributed by atoms with Gasteiger partial charge in [-0.25, -0.2) is 4.39 Å². The van der Waals surface area contributed by atoms with Crippen molar-refractivity contribution in [3.8, 4) is 16.3 Å². The van der Waals surface area contributed by atoms with E-state index in [0.717, 1.165) is 29.5 Å². The third-order valence-electron chi connectivity index (χ3n) is 5.85. The van der Waals surface area contributed by atoms with Gasteiger partial charge < -0.3 is 21.3 Å². The van der Waals surface area contributed by atoms with Crippen LogP contribution < -0.4 is 16.2 Å². The Morgan fingerprint density at radius 1 is 1.33 bits per heavy atom. The highest BCUT2D eigenvalue weighted by Crippen LogP contribution is 2.44. The molecular weight excluding hydrogens is 443 g/mol. The van der Waals surface area contributed by atoms with Crippen LogP contribution in [0.25, 0.3) is 10.6 Å². The quantitative estimate of drug-likeness (QED) is 0.485. The Morgan fingerprint density at radius 2 is 2.03 bits per heavy atom. The van der Waals surface area contributed by atoms with Gasteiger partial charge in [0, 0.05) is 12.1 Å². The summed E-state index contributed by atoms with van der Waals surface area (Å²) >= 11 is 1.31. The highest BCUT2D eigenvalue weighted by molar-refractivity contribution is 7.14. The predicted octanol–water partition coefficient (Wildman–Crippen LogP) is 3.27. The van der Waals surface area contributed by atoms with Crippen LogP contribution in [0.1, 0.15) is 42.3 Å². The van der Waals surface area contributed by atoms with Crippen LogP contribution in [0.15, 0.2) is 35.9 Å². The van der Waals surface area contributed by atoms with Gasteiger partial charge in [0.15, 0.2) is 0 Å². The van der Waals surface area contributed by atoms with E-state index in [1.165, 1.54) is 17.4 Å². The first-order chi connectivity index (χ1) is 15.7. The largest absolute Gasteiger partial charge is 0.490 e. The molecule has 0 saturated heterocycles. The Balaban J connectivity index is 1.95. The molecule has 7 nitrogen and oxygen atoms in total. The number of allylic oxidation sites excluding steroid dienone is 3. The predicted molar refractivity (Wildman–Crippen MR) is 128 cm³/mol. The number of unbranched alkanes of at least 4 members (excludes halogenated alkanes) is 1. The monoisotopic (exact) mass is 474 g/mol. The SMILES string of the molecule is CCCCC1(c2nnc(-c3cc(C)c(OCC(O)CN)c(C)c3)s2)C=CC=C(C(N)=O)C1F. The van der Waals surface area contributed by atoms with Crippen LogP contribution in [-0.4, -0.2) is 46.6 Å². The molecule has 0 fully saturated rings. The number of rotatable bonds is 10. The van der Waals surface area contributed by atoms with Crippen molar-refractivity contribution in [2.24, 2.45) is 11.5 Å². The van der Waals surface area contributed by atoms with Gasteiger partial charge in [-0.15, -0.1) is 10.2 Å². The number of amides is 1. The van der Waals surface area contributed by atoms with Crippen LogP contribution in [0.5, 0.6) is 5.75 Å². The summed E-state index contributed by atoms with van der Waals surface area (Å²) in [5.74, 6) is -0.0790. The second-order valence-corrected chi connectivity index (χ2v) is 9.38. The van der Waals surface area contributed by atoms with Gasteiger partial charge in [0.05, 0.1) is 11.0 Å². The minimum absolute atomic E-state index is 0.0433. The first kappa shape index (κ1) is 25.0. The minimum atomic E-state index is -1.58. The second-order valence-electron chi connectivity index (χ2n) is 8.40. The Kier molecular flexibility index (Phi) is 7.99. The molecule has 3 atom stereocenters. The van der Waals surface area contributed by atoms with Crippen LogP contribution >= 0.6 is 11.3 Å². The van der Waals surface area contributed by atoms with Crippen molar-refractivity contribution in [2.75, 3.05) is 13.2 Å². The number of aryl methyl sites for hydroxylation is 2. The van der Waals surface area contributed by atoms with Crippen LogP contribution in [0.3, 0.4) is 0 Å². The number of carbonyl (C=O) groups excluding carboxylic acids is 1. The summed E-state index contributed by atoms with van der Waals surface area (Å²) in [7, 11) is 0. The van der Waals surface area contributed by atoms with E-state index in [2.05, 4.69) is 10.2 Å². The second kappa shape index (κ2) is 10.5. The lowest BCUT2D eigenvalue weighted by Gasteiger charge is -2.34. The molecule has 1 aromatic heterocycles. The van der Waals surface area contributed by atoms with Crippen molar-refractivity contribution in [2.45, 2.75) is 57.7 Å². The van der Waals surface area contributed by atoms with Gasteiger partial charge in [-0.3, -0.25) is 4.79 Å². The summed E-state index contributed by atoms with van der Waals surface area (Å²) in [6, 6.07) is 3.86. The Hall–Kier alpha value is -2.62. The number of hydrogen-bond donors (Lipinski definition) is 3. The fraction of sp³-hybridized carbons (Fsp3) is 0.458. The molecule has 0 spiro atoms. The molecule has 33 heavy (non-hydrogen) atoms. The molecule has 3 unspecified atom stereocenters. The topological polar surface area (TPSA) is 124 Å². The smallest absolute Gasteiger partial charge is 0.247 e. The molecule has 2 aromatic rings. The van der Waals surface area contributed by atoms with E-state index in [-0.39, 0.29) is 18.7 Å². The minimum Gasteiger partial charge on any atom is -0.490 e. The lowest BCUT2D eigenvalue weighted by atomic mass is 9.73. The van der Waals surface area contributed by atoms with Crippen molar-refractivity contribution in [1.82, 2.24) is 10.2 Å². The average Bonchev–Trinajstić information content (AvgIpc) is 3.28. The van der Waals surface area contributed by atoms with Crippen LogP contribution in [0, 0.1) is 13.8 Å². The summed E-state index contributed by atoms with van der Waals surface area (Å²) < 4.78 is 21.4. The maximum Gasteiger partial charge on any atom is 0.247 e. The summed E-state index contributed by atoms with van der Waals surface area (Å²) in [6.07, 6.45) is 4.72. The van der Waals surface area contributed by atoms with Crippen molar-refractivity contribution < 1.29 is 19.0 Å². The number of ether oxygens (including phenoxy) is 1. The van der Waals surface area contributed by atoms with Gasteiger partial charge in [0.2, 0.25) is 5.91 Å². The third kappa shape index (κ3) is 5.15. The molecule has 1 aromatic carbocycles. The number of aromatic nitrogens is 2. The molecule has 1 aliphatic rings. The third-order valence-corrected chi connectivity index (χ3v) is 7.01. The van der Waals surface area contributed by atoms with Crippen LogP contribution in [0.2, 0.25) is 0 Å². The maximum atomic E-state index is 15.7. The van der Waals surface area contributed by atoms with Gasteiger partial charge in [-0.1, -0.05) is 49.3 Å². The zero-order chi connectivity index (χ0) is 24.2. The standard InChI is InChI=1S/C24H31FN4O3S/c1-4-5-8-24(9-6-7-18(20(24)25)21(27)31)23-29-28-22(33-23)16-10-14(2)19(15(3)11-16)32-13-17(30)12-26/h6-7,9-11,17,20,30H,4-5,8,12-13,26H2,1-3H3,(H2,27,31). The van der Waals surface area contributed by atoms with E-state index in [4.69, 9.17) is 16.2 Å². The molecule has 5 N–H and O–H groups in total. The lowest BCUT2D eigenvalue weighted by molar-refractivity contribution is -0.115. The Bertz CT molecular complexity index is 1040. The highest BCUT2D eigenvalue weighted by Gasteiger charge is 2.46. The first-order valence-corrected chi connectivity index (χ1v) is 11.8. The molecule has 0 bridgehead atoms. The molecular formula is C24H31FN4O3S. The average molecular weight is 475 g/mol. The number of aliphatic hydroxyl groups excluding tert-OH is 1. The number of nitrogens with two attached hydrogens (primary N) is 2. The number of carbonyl (C=O) groups is 1. The Morgan fingerprint density at radius 3 is 2.64 bits per heavy atom. The number of hydrogen-bond acceptors (Lipinski definition) is 7. The number of nitrogens with zero attached hydrogens (tertiary/aromatic N) is 2. The number of benzene rings is 1. The van der Waals surface area contributed by atoms with Gasteiger partial charge in [0.1, 0.15) is 34.6 Å². The molecule has 0 aliphatic heterocycles. The molecule has 1 heterocycles. The van der Waals surface area contributed by atoms with Crippen molar-refractivity contribution in [3.05, 3.63) is 52.1 Å². The fourth-order valence-electron chi connectivity index (χ4n) is 4.02. The molecule has 1 amide bonds. The van der Waals surface area contributed by atoms with E-state index < -0.39 is 23.6 Å². The van der Waals surface area contributed by atoms with Crippen LogP contribution in [0.4, 0.5) is 4.39 Å². The van der Waals surface area contributed by atoms with Gasteiger partial charge >= 0.3 is 0 Å². The molecule has 9 heteroatoms. The summed E-state index contributed by atoms with van der Waals surface area (Å²) in [5.41, 5.74) is 12.4. The summed E-state index contributed by atoms with van der Waals surface area (Å²) in [4.78, 5) is 11.8. The molecule has 178 valence electrons. The molecule has 3 rings (SSSR count). The number of halogens is 1. The highest BCUT2D eigenvalue weighted by atomic mass is 32.1. The number of alkyl halides is 1. The van der Waals surface area contributed by atoms with Crippen molar-refractivity contribution >= 4 is 17.2 Å². The fourth-order valence-corrected chi connectivity index (χ4v) is 5.07. The number of aliphatic hydroxyl groups is 1. The van der Waals surface area contributed by atoms with E-state index >= 15 is 4.39 Å². The maximum absolute atomic E-state index is 15.7. The zero-order valence-corrected chi connectivity index (χ0v) is 20.0. The van der Waals surface area contributed by atoms with E-state index in [1.54, 1.807) is 12.2 Å². The van der Waals surface area contributed by atoms with Crippen LogP contribution in [-0.2, 0) is 10.2 Å².